The van der Waals surface area contributed by atoms with E-state index in [1.54, 1.807) is 6.92 Å². The average Bonchev–Trinajstić information content (AvgIpc) is 2.27. The zero-order valence-corrected chi connectivity index (χ0v) is 9.69. The van der Waals surface area contributed by atoms with Gasteiger partial charge in [0.15, 0.2) is 0 Å². The molecule has 1 aliphatic carbocycles. The van der Waals surface area contributed by atoms with Crippen LogP contribution in [0.25, 0.3) is 0 Å². The van der Waals surface area contributed by atoms with Crippen LogP contribution >= 0.6 is 0 Å². The van der Waals surface area contributed by atoms with E-state index in [-0.39, 0.29) is 11.8 Å². The van der Waals surface area contributed by atoms with Crippen molar-refractivity contribution in [2.45, 2.75) is 32.6 Å². The Labute approximate surface area is 95.6 Å². The second kappa shape index (κ2) is 4.44. The number of likely N-dealkylation sites (tertiary alicyclic amines) is 1. The van der Waals surface area contributed by atoms with Gasteiger partial charge in [0.05, 0.1) is 5.92 Å². The first-order valence-electron chi connectivity index (χ1n) is 6.06. The van der Waals surface area contributed by atoms with Crippen LogP contribution in [0.1, 0.15) is 32.6 Å². The molecule has 2 rings (SSSR count). The largest absolute Gasteiger partial charge is 0.481 e. The van der Waals surface area contributed by atoms with Gasteiger partial charge in [0.25, 0.3) is 0 Å². The number of carboxylic acid groups (broad SMARTS) is 1. The van der Waals surface area contributed by atoms with Crippen LogP contribution < -0.4 is 0 Å². The molecule has 1 amide bonds. The van der Waals surface area contributed by atoms with Crippen LogP contribution in [0.5, 0.6) is 0 Å². The third-order valence-electron chi connectivity index (χ3n) is 4.16. The van der Waals surface area contributed by atoms with E-state index in [0.717, 1.165) is 38.8 Å². The first kappa shape index (κ1) is 11.4. The number of hydrogen-bond acceptors (Lipinski definition) is 2. The SMILES string of the molecule is CC(=O)N1CCC2CC(C(=O)O)CCC2C1. The fourth-order valence-electron chi connectivity index (χ4n) is 3.13. The topological polar surface area (TPSA) is 57.6 Å². The van der Waals surface area contributed by atoms with E-state index in [1.165, 1.54) is 0 Å². The van der Waals surface area contributed by atoms with E-state index < -0.39 is 5.97 Å². The molecular formula is C12H19NO3. The zero-order chi connectivity index (χ0) is 11.7. The lowest BCUT2D eigenvalue weighted by Gasteiger charge is -2.42. The van der Waals surface area contributed by atoms with Gasteiger partial charge in [0.2, 0.25) is 5.91 Å². The van der Waals surface area contributed by atoms with E-state index in [0.29, 0.717) is 11.8 Å². The van der Waals surface area contributed by atoms with Crippen molar-refractivity contribution in [3.8, 4) is 0 Å². The van der Waals surface area contributed by atoms with Crippen LogP contribution in [-0.4, -0.2) is 35.0 Å². The minimum atomic E-state index is -0.646. The third kappa shape index (κ3) is 2.20. The van der Waals surface area contributed by atoms with Gasteiger partial charge in [-0.15, -0.1) is 0 Å². The van der Waals surface area contributed by atoms with E-state index in [4.69, 9.17) is 5.11 Å². The summed E-state index contributed by atoms with van der Waals surface area (Å²) in [6, 6.07) is 0. The molecule has 4 heteroatoms. The van der Waals surface area contributed by atoms with Crippen LogP contribution in [0, 0.1) is 17.8 Å². The van der Waals surface area contributed by atoms with E-state index in [9.17, 15) is 9.59 Å². The lowest BCUT2D eigenvalue weighted by Crippen LogP contribution is -2.45. The molecule has 1 N–H and O–H groups in total. The summed E-state index contributed by atoms with van der Waals surface area (Å²) in [5, 5.41) is 9.00. The van der Waals surface area contributed by atoms with Gasteiger partial charge in [-0.1, -0.05) is 0 Å². The molecule has 0 spiro atoms. The molecule has 0 aromatic carbocycles. The second-order valence-electron chi connectivity index (χ2n) is 5.12. The Morgan fingerprint density at radius 1 is 1.19 bits per heavy atom. The highest BCUT2D eigenvalue weighted by molar-refractivity contribution is 5.73. The molecule has 3 unspecified atom stereocenters. The Hall–Kier alpha value is -1.06. The maximum atomic E-state index is 11.3. The maximum Gasteiger partial charge on any atom is 0.306 e. The van der Waals surface area contributed by atoms with Gasteiger partial charge >= 0.3 is 5.97 Å². The molecule has 16 heavy (non-hydrogen) atoms. The van der Waals surface area contributed by atoms with Crippen LogP contribution in [0.3, 0.4) is 0 Å². The number of hydrogen-bond donors (Lipinski definition) is 1. The van der Waals surface area contributed by atoms with Crippen LogP contribution in [-0.2, 0) is 9.59 Å². The fraction of sp³-hybridized carbons (Fsp3) is 0.833. The van der Waals surface area contributed by atoms with E-state index in [1.807, 2.05) is 4.90 Å². The monoisotopic (exact) mass is 225 g/mol. The number of rotatable bonds is 1. The summed E-state index contributed by atoms with van der Waals surface area (Å²) in [4.78, 5) is 24.1. The average molecular weight is 225 g/mol. The zero-order valence-electron chi connectivity index (χ0n) is 9.69. The second-order valence-corrected chi connectivity index (χ2v) is 5.12. The summed E-state index contributed by atoms with van der Waals surface area (Å²) in [6.45, 7) is 3.26. The smallest absolute Gasteiger partial charge is 0.306 e. The molecule has 0 radical (unpaired) electrons. The number of carbonyl (C=O) groups is 2. The molecule has 1 heterocycles. The lowest BCUT2D eigenvalue weighted by atomic mass is 9.71. The van der Waals surface area contributed by atoms with Gasteiger partial charge in [0.1, 0.15) is 0 Å². The Morgan fingerprint density at radius 2 is 1.94 bits per heavy atom. The maximum absolute atomic E-state index is 11.3. The van der Waals surface area contributed by atoms with E-state index in [2.05, 4.69) is 0 Å². The highest BCUT2D eigenvalue weighted by Crippen LogP contribution is 2.39. The van der Waals surface area contributed by atoms with Gasteiger partial charge in [0, 0.05) is 20.0 Å². The van der Waals surface area contributed by atoms with Crippen molar-refractivity contribution in [1.82, 2.24) is 4.90 Å². The number of aliphatic carboxylic acids is 1. The number of carbonyl (C=O) groups excluding carboxylic acids is 1. The Kier molecular flexibility index (Phi) is 3.17. The summed E-state index contributed by atoms with van der Waals surface area (Å²) in [7, 11) is 0. The van der Waals surface area contributed by atoms with Gasteiger partial charge in [-0.2, -0.15) is 0 Å². The fourth-order valence-corrected chi connectivity index (χ4v) is 3.13. The number of carboxylic acids is 1. The van der Waals surface area contributed by atoms with Crippen LogP contribution in [0.15, 0.2) is 0 Å². The van der Waals surface area contributed by atoms with Gasteiger partial charge < -0.3 is 10.0 Å². The summed E-state index contributed by atoms with van der Waals surface area (Å²) in [6.07, 6.45) is 3.54. The predicted octanol–water partition coefficient (Wildman–Crippen LogP) is 1.36. The van der Waals surface area contributed by atoms with Crippen LogP contribution in [0.2, 0.25) is 0 Å². The Bertz CT molecular complexity index is 273. The molecule has 2 fully saturated rings. The highest BCUT2D eigenvalue weighted by atomic mass is 16.4. The lowest BCUT2D eigenvalue weighted by molar-refractivity contribution is -0.145. The van der Waals surface area contributed by atoms with Crippen molar-refractivity contribution in [2.75, 3.05) is 13.1 Å². The number of nitrogens with zero attached hydrogens (tertiary/aromatic N) is 1. The van der Waals surface area contributed by atoms with Crippen molar-refractivity contribution in [3.63, 3.8) is 0 Å². The predicted molar refractivity (Wildman–Crippen MR) is 58.8 cm³/mol. The highest BCUT2D eigenvalue weighted by Gasteiger charge is 2.37. The van der Waals surface area contributed by atoms with Gasteiger partial charge in [-0.25, -0.2) is 0 Å². The van der Waals surface area contributed by atoms with Gasteiger partial charge in [-0.05, 0) is 37.5 Å². The molecule has 1 aliphatic heterocycles. The number of fused-ring (bicyclic) bond motifs is 1. The quantitative estimate of drug-likeness (QED) is 0.733. The summed E-state index contributed by atoms with van der Waals surface area (Å²) in [5.74, 6) is 0.412. The van der Waals surface area contributed by atoms with Gasteiger partial charge in [-0.3, -0.25) is 9.59 Å². The Balaban J connectivity index is 1.95. The molecule has 4 nitrogen and oxygen atoms in total. The molecule has 0 bridgehead atoms. The number of amides is 1. The number of piperidine rings is 1. The first-order chi connectivity index (χ1) is 7.58. The van der Waals surface area contributed by atoms with Crippen molar-refractivity contribution in [3.05, 3.63) is 0 Å². The van der Waals surface area contributed by atoms with Crippen molar-refractivity contribution in [1.29, 1.82) is 0 Å². The summed E-state index contributed by atoms with van der Waals surface area (Å²) >= 11 is 0. The summed E-state index contributed by atoms with van der Waals surface area (Å²) in [5.41, 5.74) is 0. The minimum absolute atomic E-state index is 0.148. The Morgan fingerprint density at radius 3 is 2.56 bits per heavy atom. The molecule has 1 saturated carbocycles. The standard InChI is InChI=1S/C12H19NO3/c1-8(14)13-5-4-9-6-10(12(15)16)2-3-11(9)7-13/h9-11H,2-7H2,1H3,(H,15,16). The molecule has 2 aliphatic rings. The van der Waals surface area contributed by atoms with E-state index >= 15 is 0 Å². The molecular weight excluding hydrogens is 206 g/mol. The molecule has 0 aromatic rings. The normalized spacial score (nSPS) is 34.3. The minimum Gasteiger partial charge on any atom is -0.481 e. The van der Waals surface area contributed by atoms with Crippen molar-refractivity contribution < 1.29 is 14.7 Å². The molecule has 90 valence electrons. The summed E-state index contributed by atoms with van der Waals surface area (Å²) < 4.78 is 0. The van der Waals surface area contributed by atoms with Crippen LogP contribution in [0.4, 0.5) is 0 Å². The third-order valence-corrected chi connectivity index (χ3v) is 4.16. The molecule has 3 atom stereocenters. The molecule has 1 saturated heterocycles. The van der Waals surface area contributed by atoms with Crippen molar-refractivity contribution >= 4 is 11.9 Å². The first-order valence-corrected chi connectivity index (χ1v) is 6.06. The molecule has 0 aromatic heterocycles. The van der Waals surface area contributed by atoms with Crippen molar-refractivity contribution in [2.24, 2.45) is 17.8 Å².